The van der Waals surface area contributed by atoms with Crippen molar-refractivity contribution < 1.29 is 4.79 Å². The van der Waals surface area contributed by atoms with Gasteiger partial charge in [-0.25, -0.2) is 0 Å². The minimum Gasteiger partial charge on any atom is -0.337 e. The van der Waals surface area contributed by atoms with Crippen molar-refractivity contribution in [2.75, 3.05) is 6.54 Å². The molecule has 17 heavy (non-hydrogen) atoms. The maximum Gasteiger partial charge on any atom is 0.224 e. The van der Waals surface area contributed by atoms with Gasteiger partial charge in [-0.1, -0.05) is 12.1 Å². The fourth-order valence-corrected chi connectivity index (χ4v) is 2.56. The average Bonchev–Trinajstić information content (AvgIpc) is 2.85. The molecule has 0 bridgehead atoms. The van der Waals surface area contributed by atoms with E-state index in [1.54, 1.807) is 6.20 Å². The van der Waals surface area contributed by atoms with E-state index in [1.807, 2.05) is 23.1 Å². The van der Waals surface area contributed by atoms with Gasteiger partial charge in [0.25, 0.3) is 0 Å². The molecule has 0 aliphatic carbocycles. The summed E-state index contributed by atoms with van der Waals surface area (Å²) in [5.74, 6) is 0.190. The molecule has 88 valence electrons. The van der Waals surface area contributed by atoms with Gasteiger partial charge in [0.1, 0.15) is 0 Å². The summed E-state index contributed by atoms with van der Waals surface area (Å²) in [6, 6.07) is 6.10. The minimum absolute atomic E-state index is 0.179. The number of aromatic nitrogens is 2. The monoisotopic (exact) mass is 247 g/mol. The molecule has 1 unspecified atom stereocenters. The van der Waals surface area contributed by atoms with Gasteiger partial charge in [0.05, 0.1) is 11.7 Å². The quantitative estimate of drug-likeness (QED) is 0.792. The van der Waals surface area contributed by atoms with Crippen LogP contribution in [-0.4, -0.2) is 32.8 Å². The van der Waals surface area contributed by atoms with Crippen LogP contribution in [0, 0.1) is 0 Å². The van der Waals surface area contributed by atoms with Gasteiger partial charge in [-0.3, -0.25) is 9.89 Å². The number of likely N-dealkylation sites (tertiary alicyclic amines) is 1. The maximum atomic E-state index is 11.7. The van der Waals surface area contributed by atoms with Crippen molar-refractivity contribution in [1.29, 1.82) is 0 Å². The Kier molecular flexibility index (Phi) is 2.55. The van der Waals surface area contributed by atoms with E-state index in [0.717, 1.165) is 23.0 Å². The Bertz CT molecular complexity index is 566. The molecule has 2 aromatic rings. The Morgan fingerprint density at radius 2 is 2.41 bits per heavy atom. The van der Waals surface area contributed by atoms with Crippen molar-refractivity contribution in [3.8, 4) is 0 Å². The molecule has 1 saturated heterocycles. The maximum absolute atomic E-state index is 11.7. The van der Waals surface area contributed by atoms with Crippen molar-refractivity contribution in [2.24, 2.45) is 0 Å². The topological polar surface area (TPSA) is 49.0 Å². The summed E-state index contributed by atoms with van der Waals surface area (Å²) in [4.78, 5) is 13.5. The predicted molar refractivity (Wildman–Crippen MR) is 68.9 cm³/mol. The molecule has 3 rings (SSSR count). The number of carbonyl (C=O) groups is 1. The molecule has 1 atom stereocenters. The number of carbonyl (C=O) groups excluding carboxylic acids is 1. The zero-order chi connectivity index (χ0) is 11.8. The summed E-state index contributed by atoms with van der Waals surface area (Å²) in [5, 5.41) is 8.19. The largest absolute Gasteiger partial charge is 0.337 e. The van der Waals surface area contributed by atoms with Gasteiger partial charge < -0.3 is 4.90 Å². The van der Waals surface area contributed by atoms with Gasteiger partial charge in [0.15, 0.2) is 0 Å². The Balaban J connectivity index is 1.82. The number of benzene rings is 1. The van der Waals surface area contributed by atoms with Crippen molar-refractivity contribution in [2.45, 2.75) is 18.2 Å². The predicted octanol–water partition coefficient (Wildman–Crippen LogP) is 1.59. The lowest BCUT2D eigenvalue weighted by Crippen LogP contribution is -2.24. The molecule has 0 saturated carbocycles. The third-order valence-corrected chi connectivity index (χ3v) is 3.42. The smallest absolute Gasteiger partial charge is 0.224 e. The first-order chi connectivity index (χ1) is 8.22. The van der Waals surface area contributed by atoms with E-state index in [4.69, 9.17) is 0 Å². The second kappa shape index (κ2) is 4.07. The molecule has 5 heteroatoms. The van der Waals surface area contributed by atoms with Crippen LogP contribution < -0.4 is 0 Å². The number of H-pyrrole nitrogens is 1. The van der Waals surface area contributed by atoms with Crippen LogP contribution in [0.2, 0.25) is 0 Å². The Morgan fingerprint density at radius 3 is 3.18 bits per heavy atom. The number of aromatic amines is 1. The second-order valence-electron chi connectivity index (χ2n) is 4.42. The number of hydrogen-bond acceptors (Lipinski definition) is 3. The van der Waals surface area contributed by atoms with E-state index in [0.29, 0.717) is 13.0 Å². The highest BCUT2D eigenvalue weighted by atomic mass is 32.1. The average molecular weight is 247 g/mol. The van der Waals surface area contributed by atoms with Crippen molar-refractivity contribution in [3.63, 3.8) is 0 Å². The number of fused-ring (bicyclic) bond motifs is 1. The van der Waals surface area contributed by atoms with E-state index in [-0.39, 0.29) is 11.2 Å². The lowest BCUT2D eigenvalue weighted by Gasteiger charge is -2.15. The highest BCUT2D eigenvalue weighted by Crippen LogP contribution is 2.20. The summed E-state index contributed by atoms with van der Waals surface area (Å²) >= 11 is 4.35. The molecular weight excluding hydrogens is 234 g/mol. The van der Waals surface area contributed by atoms with Gasteiger partial charge in [0.2, 0.25) is 5.91 Å². The Morgan fingerprint density at radius 1 is 1.53 bits per heavy atom. The van der Waals surface area contributed by atoms with E-state index in [2.05, 4.69) is 22.8 Å². The van der Waals surface area contributed by atoms with Crippen LogP contribution in [0.5, 0.6) is 0 Å². The Labute approximate surface area is 104 Å². The highest BCUT2D eigenvalue weighted by molar-refractivity contribution is 7.81. The molecule has 1 amide bonds. The van der Waals surface area contributed by atoms with E-state index >= 15 is 0 Å². The van der Waals surface area contributed by atoms with Crippen LogP contribution in [0.25, 0.3) is 10.9 Å². The first-order valence-electron chi connectivity index (χ1n) is 5.60. The second-order valence-corrected chi connectivity index (χ2v) is 5.15. The molecule has 0 spiro atoms. The van der Waals surface area contributed by atoms with Gasteiger partial charge in [-0.05, 0) is 11.6 Å². The van der Waals surface area contributed by atoms with Crippen molar-refractivity contribution >= 4 is 29.4 Å². The molecule has 2 heterocycles. The molecule has 1 aliphatic heterocycles. The van der Waals surface area contributed by atoms with Crippen LogP contribution in [-0.2, 0) is 11.3 Å². The van der Waals surface area contributed by atoms with Crippen LogP contribution in [0.3, 0.4) is 0 Å². The zero-order valence-corrected chi connectivity index (χ0v) is 10.2. The molecule has 4 nitrogen and oxygen atoms in total. The third kappa shape index (κ3) is 2.02. The van der Waals surface area contributed by atoms with Gasteiger partial charge >= 0.3 is 0 Å². The molecule has 1 aromatic heterocycles. The van der Waals surface area contributed by atoms with Crippen LogP contribution in [0.1, 0.15) is 12.0 Å². The van der Waals surface area contributed by atoms with E-state index in [1.165, 1.54) is 0 Å². The Hall–Kier alpha value is -1.49. The van der Waals surface area contributed by atoms with Crippen LogP contribution in [0.4, 0.5) is 0 Å². The number of nitrogens with zero attached hydrogens (tertiary/aromatic N) is 2. The summed E-state index contributed by atoms with van der Waals surface area (Å²) in [6.45, 7) is 1.40. The molecule has 1 fully saturated rings. The molecule has 0 radical (unpaired) electrons. The van der Waals surface area contributed by atoms with Gasteiger partial charge in [-0.2, -0.15) is 17.7 Å². The fraction of sp³-hybridized carbons (Fsp3) is 0.333. The van der Waals surface area contributed by atoms with Crippen molar-refractivity contribution in [3.05, 3.63) is 30.0 Å². The standard InChI is InChI=1S/C12H13N3OS/c16-12-4-10(17)7-15(12)6-8-1-2-9-5-13-14-11(9)3-8/h1-3,5,10,17H,4,6-7H2,(H,13,14). The van der Waals surface area contributed by atoms with Crippen LogP contribution in [0.15, 0.2) is 24.4 Å². The molecule has 1 aliphatic rings. The first-order valence-corrected chi connectivity index (χ1v) is 6.12. The number of hydrogen-bond donors (Lipinski definition) is 2. The number of rotatable bonds is 2. The molecular formula is C12H13N3OS. The summed E-state index contributed by atoms with van der Waals surface area (Å²) in [5.41, 5.74) is 2.13. The molecule has 1 aromatic carbocycles. The lowest BCUT2D eigenvalue weighted by molar-refractivity contribution is -0.128. The van der Waals surface area contributed by atoms with E-state index in [9.17, 15) is 4.79 Å². The third-order valence-electron chi connectivity index (χ3n) is 3.07. The summed E-state index contributed by atoms with van der Waals surface area (Å²) < 4.78 is 0. The number of amides is 1. The molecule has 1 N–H and O–H groups in total. The van der Waals surface area contributed by atoms with Crippen molar-refractivity contribution in [1.82, 2.24) is 15.1 Å². The highest BCUT2D eigenvalue weighted by Gasteiger charge is 2.26. The van der Waals surface area contributed by atoms with Gasteiger partial charge in [-0.15, -0.1) is 0 Å². The van der Waals surface area contributed by atoms with Crippen LogP contribution >= 0.6 is 12.6 Å². The normalized spacial score (nSPS) is 20.4. The fourth-order valence-electron chi connectivity index (χ4n) is 2.21. The SMILES string of the molecule is O=C1CC(S)CN1Cc1ccc2cn[nH]c2c1. The number of thiol groups is 1. The minimum atomic E-state index is 0.179. The lowest BCUT2D eigenvalue weighted by atomic mass is 10.1. The first kappa shape index (κ1) is 10.7. The van der Waals surface area contributed by atoms with E-state index < -0.39 is 0 Å². The van der Waals surface area contributed by atoms with Gasteiger partial charge in [0, 0.05) is 30.1 Å². The summed E-state index contributed by atoms with van der Waals surface area (Å²) in [7, 11) is 0. The summed E-state index contributed by atoms with van der Waals surface area (Å²) in [6.07, 6.45) is 2.35. The zero-order valence-electron chi connectivity index (χ0n) is 9.26. The number of nitrogens with one attached hydrogen (secondary N) is 1.